The van der Waals surface area contributed by atoms with Crippen molar-refractivity contribution in [3.05, 3.63) is 35.5 Å². The van der Waals surface area contributed by atoms with Crippen LogP contribution in [-0.2, 0) is 6.61 Å². The van der Waals surface area contributed by atoms with Crippen molar-refractivity contribution in [1.82, 2.24) is 4.98 Å². The Morgan fingerprint density at radius 2 is 2.17 bits per heavy atom. The SMILES string of the molecule is Cc1ccc2[nH]c(CO)cc2c1. The van der Waals surface area contributed by atoms with Crippen molar-refractivity contribution in [2.75, 3.05) is 0 Å². The van der Waals surface area contributed by atoms with Gasteiger partial charge in [-0.2, -0.15) is 0 Å². The van der Waals surface area contributed by atoms with Gasteiger partial charge in [-0.15, -0.1) is 0 Å². The van der Waals surface area contributed by atoms with Gasteiger partial charge in [0, 0.05) is 11.2 Å². The van der Waals surface area contributed by atoms with E-state index in [1.54, 1.807) is 0 Å². The van der Waals surface area contributed by atoms with Crippen LogP contribution in [0.1, 0.15) is 11.3 Å². The van der Waals surface area contributed by atoms with E-state index in [1.807, 2.05) is 12.1 Å². The van der Waals surface area contributed by atoms with Gasteiger partial charge in [0.05, 0.1) is 6.61 Å². The van der Waals surface area contributed by atoms with Crippen LogP contribution in [0.3, 0.4) is 0 Å². The first-order valence-corrected chi connectivity index (χ1v) is 3.99. The molecule has 0 unspecified atom stereocenters. The third-order valence-electron chi connectivity index (χ3n) is 2.00. The van der Waals surface area contributed by atoms with E-state index >= 15 is 0 Å². The molecule has 1 heterocycles. The first-order chi connectivity index (χ1) is 5.79. The highest BCUT2D eigenvalue weighted by Crippen LogP contribution is 2.16. The number of hydrogen-bond acceptors (Lipinski definition) is 1. The van der Waals surface area contributed by atoms with Crippen LogP contribution in [0.4, 0.5) is 0 Å². The number of hydrogen-bond donors (Lipinski definition) is 2. The molecule has 0 saturated heterocycles. The molecule has 2 rings (SSSR count). The van der Waals surface area contributed by atoms with Crippen LogP contribution < -0.4 is 0 Å². The molecule has 0 aliphatic carbocycles. The first-order valence-electron chi connectivity index (χ1n) is 3.99. The highest BCUT2D eigenvalue weighted by molar-refractivity contribution is 5.80. The normalized spacial score (nSPS) is 10.8. The second kappa shape index (κ2) is 2.64. The summed E-state index contributed by atoms with van der Waals surface area (Å²) in [5.74, 6) is 0. The molecular formula is C10H11NO. The Morgan fingerprint density at radius 3 is 2.92 bits per heavy atom. The first kappa shape index (κ1) is 7.37. The van der Waals surface area contributed by atoms with Gasteiger partial charge in [0.2, 0.25) is 0 Å². The Balaban J connectivity index is 2.67. The number of aliphatic hydroxyl groups excluding tert-OH is 1. The van der Waals surface area contributed by atoms with Crippen molar-refractivity contribution in [3.8, 4) is 0 Å². The van der Waals surface area contributed by atoms with E-state index in [1.165, 1.54) is 10.9 Å². The van der Waals surface area contributed by atoms with E-state index in [4.69, 9.17) is 5.11 Å². The predicted molar refractivity (Wildman–Crippen MR) is 49.0 cm³/mol. The van der Waals surface area contributed by atoms with E-state index in [-0.39, 0.29) is 6.61 Å². The fourth-order valence-corrected chi connectivity index (χ4v) is 1.40. The molecule has 62 valence electrons. The van der Waals surface area contributed by atoms with Crippen molar-refractivity contribution in [3.63, 3.8) is 0 Å². The van der Waals surface area contributed by atoms with Crippen LogP contribution in [0, 0.1) is 6.92 Å². The largest absolute Gasteiger partial charge is 0.390 e. The number of benzene rings is 1. The zero-order chi connectivity index (χ0) is 8.55. The summed E-state index contributed by atoms with van der Waals surface area (Å²) in [5.41, 5.74) is 3.20. The average molecular weight is 161 g/mol. The standard InChI is InChI=1S/C10H11NO/c1-7-2-3-10-8(4-7)5-9(6-12)11-10/h2-5,11-12H,6H2,1H3. The van der Waals surface area contributed by atoms with Crippen molar-refractivity contribution in [2.45, 2.75) is 13.5 Å². The lowest BCUT2D eigenvalue weighted by atomic mass is 10.2. The van der Waals surface area contributed by atoms with E-state index in [2.05, 4.69) is 24.0 Å². The number of aromatic amines is 1. The minimum atomic E-state index is 0.0771. The second-order valence-corrected chi connectivity index (χ2v) is 3.04. The number of H-pyrrole nitrogens is 1. The summed E-state index contributed by atoms with van der Waals surface area (Å²) >= 11 is 0. The maximum Gasteiger partial charge on any atom is 0.0831 e. The summed E-state index contributed by atoms with van der Waals surface area (Å²) in [5, 5.41) is 10.0. The lowest BCUT2D eigenvalue weighted by Gasteiger charge is -1.90. The van der Waals surface area contributed by atoms with E-state index in [0.717, 1.165) is 11.2 Å². The summed E-state index contributed by atoms with van der Waals surface area (Å²) in [4.78, 5) is 3.12. The minimum absolute atomic E-state index is 0.0771. The van der Waals surface area contributed by atoms with Gasteiger partial charge in [-0.1, -0.05) is 11.6 Å². The summed E-state index contributed by atoms with van der Waals surface area (Å²) in [6.45, 7) is 2.14. The van der Waals surface area contributed by atoms with Gasteiger partial charge in [-0.05, 0) is 30.5 Å². The van der Waals surface area contributed by atoms with Crippen molar-refractivity contribution >= 4 is 10.9 Å². The molecule has 0 aliphatic rings. The minimum Gasteiger partial charge on any atom is -0.390 e. The quantitative estimate of drug-likeness (QED) is 0.659. The maximum atomic E-state index is 8.88. The number of fused-ring (bicyclic) bond motifs is 1. The molecule has 0 saturated carbocycles. The monoisotopic (exact) mass is 161 g/mol. The molecule has 0 amide bonds. The molecule has 0 atom stereocenters. The molecule has 0 bridgehead atoms. The molecule has 2 nitrogen and oxygen atoms in total. The zero-order valence-electron chi connectivity index (χ0n) is 6.96. The molecule has 2 aromatic rings. The lowest BCUT2D eigenvalue weighted by molar-refractivity contribution is 0.278. The number of aryl methyl sites for hydroxylation is 1. The van der Waals surface area contributed by atoms with Gasteiger partial charge in [0.1, 0.15) is 0 Å². The maximum absolute atomic E-state index is 8.88. The smallest absolute Gasteiger partial charge is 0.0831 e. The number of rotatable bonds is 1. The fraction of sp³-hybridized carbons (Fsp3) is 0.200. The van der Waals surface area contributed by atoms with Crippen LogP contribution in [0.15, 0.2) is 24.3 Å². The van der Waals surface area contributed by atoms with Gasteiger partial charge in [0.25, 0.3) is 0 Å². The molecule has 0 aliphatic heterocycles. The molecule has 2 N–H and O–H groups in total. The Kier molecular flexibility index (Phi) is 1.62. The van der Waals surface area contributed by atoms with Crippen LogP contribution in [0.2, 0.25) is 0 Å². The lowest BCUT2D eigenvalue weighted by Crippen LogP contribution is -1.78. The fourth-order valence-electron chi connectivity index (χ4n) is 1.40. The molecule has 0 fully saturated rings. The van der Waals surface area contributed by atoms with Crippen LogP contribution in [0.25, 0.3) is 10.9 Å². The Morgan fingerprint density at radius 1 is 1.33 bits per heavy atom. The Labute approximate surface area is 70.8 Å². The summed E-state index contributed by atoms with van der Waals surface area (Å²) in [6.07, 6.45) is 0. The topological polar surface area (TPSA) is 36.0 Å². The van der Waals surface area contributed by atoms with Gasteiger partial charge in [-0.25, -0.2) is 0 Å². The number of nitrogens with one attached hydrogen (secondary N) is 1. The van der Waals surface area contributed by atoms with Crippen LogP contribution in [-0.4, -0.2) is 10.1 Å². The highest BCUT2D eigenvalue weighted by Gasteiger charge is 1.98. The van der Waals surface area contributed by atoms with Gasteiger partial charge >= 0.3 is 0 Å². The van der Waals surface area contributed by atoms with Gasteiger partial charge in [0.15, 0.2) is 0 Å². The second-order valence-electron chi connectivity index (χ2n) is 3.04. The van der Waals surface area contributed by atoms with Crippen molar-refractivity contribution < 1.29 is 5.11 Å². The van der Waals surface area contributed by atoms with Crippen molar-refractivity contribution in [2.24, 2.45) is 0 Å². The number of aliphatic hydroxyl groups is 1. The third-order valence-corrected chi connectivity index (χ3v) is 2.00. The predicted octanol–water partition coefficient (Wildman–Crippen LogP) is 1.97. The molecule has 0 spiro atoms. The highest BCUT2D eigenvalue weighted by atomic mass is 16.3. The average Bonchev–Trinajstić information content (AvgIpc) is 2.46. The summed E-state index contributed by atoms with van der Waals surface area (Å²) < 4.78 is 0. The summed E-state index contributed by atoms with van der Waals surface area (Å²) in [6, 6.07) is 8.16. The molecule has 0 radical (unpaired) electrons. The third kappa shape index (κ3) is 1.10. The molecule has 12 heavy (non-hydrogen) atoms. The van der Waals surface area contributed by atoms with Gasteiger partial charge in [-0.3, -0.25) is 0 Å². The van der Waals surface area contributed by atoms with Crippen molar-refractivity contribution in [1.29, 1.82) is 0 Å². The molecule has 2 heteroatoms. The van der Waals surface area contributed by atoms with Crippen LogP contribution in [0.5, 0.6) is 0 Å². The van der Waals surface area contributed by atoms with E-state index in [0.29, 0.717) is 0 Å². The van der Waals surface area contributed by atoms with E-state index < -0.39 is 0 Å². The van der Waals surface area contributed by atoms with Crippen LogP contribution >= 0.6 is 0 Å². The summed E-state index contributed by atoms with van der Waals surface area (Å²) in [7, 11) is 0. The molecule has 1 aromatic carbocycles. The van der Waals surface area contributed by atoms with E-state index in [9.17, 15) is 0 Å². The Bertz CT molecular complexity index is 403. The van der Waals surface area contributed by atoms with Gasteiger partial charge < -0.3 is 10.1 Å². The number of aromatic nitrogens is 1. The molecule has 1 aromatic heterocycles. The Hall–Kier alpha value is -1.28. The molecular weight excluding hydrogens is 150 g/mol. The zero-order valence-corrected chi connectivity index (χ0v) is 6.96.